The van der Waals surface area contributed by atoms with E-state index in [1.807, 2.05) is 0 Å². The molecule has 1 unspecified atom stereocenters. The average molecular weight is 110 g/mol. The number of hydrogen-bond acceptors (Lipinski definition) is 3. The molecule has 0 aliphatic carbocycles. The van der Waals surface area contributed by atoms with E-state index in [-0.39, 0.29) is 12.4 Å². The molecule has 1 atom stereocenters. The Bertz CT molecular complexity index is 126. The van der Waals surface area contributed by atoms with Crippen LogP contribution in [0.5, 0.6) is 0 Å². The summed E-state index contributed by atoms with van der Waals surface area (Å²) in [4.78, 5) is 20.5. The number of hydrogen-bond donors (Lipinski definition) is 0. The smallest absolute Gasteiger partial charge is 0.307 e. The standard InChI is InChI=1S/C4H3BO3/c5-3-2(6)1-8-4(3)7/h3H,1H2. The maximum atomic E-state index is 10.3. The summed E-state index contributed by atoms with van der Waals surface area (Å²) in [7, 11) is 5.00. The van der Waals surface area contributed by atoms with Crippen LogP contribution in [0.25, 0.3) is 0 Å². The molecule has 0 amide bonds. The van der Waals surface area contributed by atoms with Gasteiger partial charge in [0, 0.05) is 0 Å². The number of ether oxygens (including phenoxy) is 1. The fourth-order valence-electron chi connectivity index (χ4n) is 0.453. The molecule has 0 spiro atoms. The Morgan fingerprint density at radius 3 is 2.38 bits per heavy atom. The largest absolute Gasteiger partial charge is 0.458 e. The summed E-state index contributed by atoms with van der Waals surface area (Å²) in [5.41, 5.74) is 0. The van der Waals surface area contributed by atoms with E-state index >= 15 is 0 Å². The fourth-order valence-corrected chi connectivity index (χ4v) is 0.453. The molecule has 1 fully saturated rings. The number of cyclic esters (lactones) is 1. The lowest BCUT2D eigenvalue weighted by atomic mass is 9.86. The number of Topliss-reactive ketones (excluding diaryl/α,β-unsaturated/α-hetero) is 1. The normalized spacial score (nSPS) is 28.2. The molecule has 1 saturated heterocycles. The fraction of sp³-hybridized carbons (Fsp3) is 0.500. The number of carbonyl (C=O) groups excluding carboxylic acids is 2. The second-order valence-corrected chi connectivity index (χ2v) is 1.55. The summed E-state index contributed by atoms with van der Waals surface area (Å²) < 4.78 is 4.26. The maximum absolute atomic E-state index is 10.3. The first kappa shape index (κ1) is 5.34. The maximum Gasteiger partial charge on any atom is 0.307 e. The molecule has 1 rings (SSSR count). The molecule has 40 valence electrons. The second-order valence-electron chi connectivity index (χ2n) is 1.55. The second kappa shape index (κ2) is 1.61. The molecule has 0 N–H and O–H groups in total. The lowest BCUT2D eigenvalue weighted by Crippen LogP contribution is -2.07. The van der Waals surface area contributed by atoms with Crippen LogP contribution in [0.15, 0.2) is 0 Å². The minimum Gasteiger partial charge on any atom is -0.458 e. The lowest BCUT2D eigenvalue weighted by Gasteiger charge is -1.87. The highest BCUT2D eigenvalue weighted by Gasteiger charge is 2.29. The lowest BCUT2D eigenvalue weighted by molar-refractivity contribution is -0.137. The number of ketones is 1. The van der Waals surface area contributed by atoms with E-state index in [0.717, 1.165) is 0 Å². The van der Waals surface area contributed by atoms with Gasteiger partial charge >= 0.3 is 5.97 Å². The van der Waals surface area contributed by atoms with Crippen LogP contribution in [0.4, 0.5) is 0 Å². The molecule has 0 aromatic heterocycles. The molecule has 1 heterocycles. The zero-order valence-corrected chi connectivity index (χ0v) is 4.09. The summed E-state index contributed by atoms with van der Waals surface area (Å²) in [6.07, 6.45) is 0. The van der Waals surface area contributed by atoms with Crippen LogP contribution in [0.1, 0.15) is 0 Å². The van der Waals surface area contributed by atoms with E-state index in [1.165, 1.54) is 0 Å². The predicted octanol–water partition coefficient (Wildman–Crippen LogP) is -0.931. The van der Waals surface area contributed by atoms with Gasteiger partial charge in [-0.25, -0.2) is 0 Å². The van der Waals surface area contributed by atoms with Gasteiger partial charge < -0.3 is 4.74 Å². The molecule has 4 heteroatoms. The first-order chi connectivity index (χ1) is 3.72. The Hall–Kier alpha value is -0.795. The van der Waals surface area contributed by atoms with Gasteiger partial charge in [0.1, 0.15) is 6.61 Å². The van der Waals surface area contributed by atoms with Crippen LogP contribution in [-0.4, -0.2) is 26.2 Å². The summed E-state index contributed by atoms with van der Waals surface area (Å²) in [5.74, 6) is -1.97. The van der Waals surface area contributed by atoms with Crippen LogP contribution in [0.2, 0.25) is 5.82 Å². The van der Waals surface area contributed by atoms with Gasteiger partial charge in [0.15, 0.2) is 5.78 Å². The van der Waals surface area contributed by atoms with Crippen LogP contribution in [0.3, 0.4) is 0 Å². The molecule has 1 aliphatic rings. The van der Waals surface area contributed by atoms with E-state index in [4.69, 9.17) is 7.85 Å². The summed E-state index contributed by atoms with van der Waals surface area (Å²) in [6, 6.07) is 0. The van der Waals surface area contributed by atoms with Crippen molar-refractivity contribution >= 4 is 19.6 Å². The zero-order chi connectivity index (χ0) is 6.15. The third kappa shape index (κ3) is 0.618. The zero-order valence-electron chi connectivity index (χ0n) is 4.09. The van der Waals surface area contributed by atoms with E-state index < -0.39 is 11.8 Å². The van der Waals surface area contributed by atoms with Crippen molar-refractivity contribution in [1.29, 1.82) is 0 Å². The molecule has 3 nitrogen and oxygen atoms in total. The van der Waals surface area contributed by atoms with Gasteiger partial charge in [-0.2, -0.15) is 0 Å². The van der Waals surface area contributed by atoms with Crippen LogP contribution < -0.4 is 0 Å². The number of rotatable bonds is 0. The van der Waals surface area contributed by atoms with Crippen molar-refractivity contribution in [1.82, 2.24) is 0 Å². The highest BCUT2D eigenvalue weighted by Crippen LogP contribution is 2.10. The Morgan fingerprint density at radius 1 is 1.62 bits per heavy atom. The number of esters is 1. The van der Waals surface area contributed by atoms with Gasteiger partial charge in [0.05, 0.1) is 13.7 Å². The Kier molecular flexibility index (Phi) is 1.08. The molecule has 0 aromatic carbocycles. The Morgan fingerprint density at radius 2 is 2.25 bits per heavy atom. The minimum atomic E-state index is -1.02. The van der Waals surface area contributed by atoms with E-state index in [2.05, 4.69) is 4.74 Å². The van der Waals surface area contributed by atoms with Crippen molar-refractivity contribution < 1.29 is 14.3 Å². The molecule has 0 aromatic rings. The van der Waals surface area contributed by atoms with Crippen molar-refractivity contribution in [2.75, 3.05) is 6.61 Å². The van der Waals surface area contributed by atoms with E-state index in [9.17, 15) is 9.59 Å². The highest BCUT2D eigenvalue weighted by molar-refractivity contribution is 6.37. The molecule has 0 saturated carbocycles. The van der Waals surface area contributed by atoms with Gasteiger partial charge in [0.25, 0.3) is 0 Å². The third-order valence-corrected chi connectivity index (χ3v) is 0.958. The average Bonchev–Trinajstić information content (AvgIpc) is 1.98. The third-order valence-electron chi connectivity index (χ3n) is 0.958. The van der Waals surface area contributed by atoms with Crippen LogP contribution >= 0.6 is 0 Å². The van der Waals surface area contributed by atoms with Crippen LogP contribution in [-0.2, 0) is 14.3 Å². The molecular weight excluding hydrogens is 107 g/mol. The summed E-state index contributed by atoms with van der Waals surface area (Å²) >= 11 is 0. The first-order valence-electron chi connectivity index (χ1n) is 2.17. The highest BCUT2D eigenvalue weighted by atomic mass is 16.5. The van der Waals surface area contributed by atoms with Crippen molar-refractivity contribution in [3.05, 3.63) is 0 Å². The molecular formula is C4H3BO3. The van der Waals surface area contributed by atoms with Crippen molar-refractivity contribution in [3.63, 3.8) is 0 Å². The number of carbonyl (C=O) groups is 2. The van der Waals surface area contributed by atoms with Crippen molar-refractivity contribution in [2.45, 2.75) is 5.82 Å². The minimum absolute atomic E-state index is 0.153. The SMILES string of the molecule is [B]C1C(=O)COC1=O. The van der Waals surface area contributed by atoms with Gasteiger partial charge in [-0.05, 0) is 0 Å². The topological polar surface area (TPSA) is 43.4 Å². The molecule has 1 aliphatic heterocycles. The van der Waals surface area contributed by atoms with E-state index in [0.29, 0.717) is 0 Å². The monoisotopic (exact) mass is 110 g/mol. The Labute approximate surface area is 47.4 Å². The quantitative estimate of drug-likeness (QED) is 0.230. The van der Waals surface area contributed by atoms with Crippen LogP contribution in [0, 0.1) is 0 Å². The summed E-state index contributed by atoms with van der Waals surface area (Å²) in [6.45, 7) is -0.153. The predicted molar refractivity (Wildman–Crippen MR) is 25.5 cm³/mol. The van der Waals surface area contributed by atoms with Crippen molar-refractivity contribution in [2.24, 2.45) is 0 Å². The first-order valence-corrected chi connectivity index (χ1v) is 2.17. The summed E-state index contributed by atoms with van der Waals surface area (Å²) in [5, 5.41) is 0. The molecule has 8 heavy (non-hydrogen) atoms. The van der Waals surface area contributed by atoms with Crippen molar-refractivity contribution in [3.8, 4) is 0 Å². The van der Waals surface area contributed by atoms with Gasteiger partial charge in [-0.1, -0.05) is 0 Å². The van der Waals surface area contributed by atoms with Gasteiger partial charge in [-0.15, -0.1) is 0 Å². The Balaban J connectivity index is 2.70. The molecule has 2 radical (unpaired) electrons. The molecule has 0 bridgehead atoms. The van der Waals surface area contributed by atoms with Gasteiger partial charge in [0.2, 0.25) is 0 Å². The van der Waals surface area contributed by atoms with Gasteiger partial charge in [-0.3, -0.25) is 9.59 Å². The van der Waals surface area contributed by atoms with E-state index in [1.54, 1.807) is 0 Å².